The number of sulfonamides is 1. The van der Waals surface area contributed by atoms with E-state index in [-0.39, 0.29) is 4.90 Å². The van der Waals surface area contributed by atoms with Crippen molar-refractivity contribution in [2.24, 2.45) is 5.10 Å². The molecule has 7 nitrogen and oxygen atoms in total. The molecule has 0 saturated heterocycles. The summed E-state index contributed by atoms with van der Waals surface area (Å²) < 4.78 is 32.9. The predicted octanol–water partition coefficient (Wildman–Crippen LogP) is 3.66. The fraction of sp³-hybridized carbons (Fsp3) is 0.167. The highest BCUT2D eigenvalue weighted by Gasteiger charge is 2.27. The van der Waals surface area contributed by atoms with Gasteiger partial charge in [-0.3, -0.25) is 9.10 Å². The number of amides is 1. The molecule has 0 aromatic heterocycles. The van der Waals surface area contributed by atoms with E-state index >= 15 is 0 Å². The van der Waals surface area contributed by atoms with Crippen LogP contribution in [0.1, 0.15) is 16.7 Å². The van der Waals surface area contributed by atoms with Gasteiger partial charge in [-0.2, -0.15) is 5.10 Å². The van der Waals surface area contributed by atoms with Crippen molar-refractivity contribution in [2.75, 3.05) is 18.0 Å². The summed E-state index contributed by atoms with van der Waals surface area (Å²) >= 11 is 0. The summed E-state index contributed by atoms with van der Waals surface area (Å²) in [6, 6.07) is 20.6. The number of methoxy groups -OCH3 is 1. The van der Waals surface area contributed by atoms with Gasteiger partial charge in [-0.1, -0.05) is 47.5 Å². The lowest BCUT2D eigenvalue weighted by molar-refractivity contribution is -0.119. The van der Waals surface area contributed by atoms with Gasteiger partial charge in [0.2, 0.25) is 0 Å². The van der Waals surface area contributed by atoms with Crippen LogP contribution in [0.25, 0.3) is 0 Å². The van der Waals surface area contributed by atoms with Crippen LogP contribution in [0, 0.1) is 13.8 Å². The molecule has 3 aromatic carbocycles. The Morgan fingerprint density at radius 1 is 1.00 bits per heavy atom. The number of nitrogens with one attached hydrogen (secondary N) is 1. The number of anilines is 1. The lowest BCUT2D eigenvalue weighted by Crippen LogP contribution is -2.39. The third kappa shape index (κ3) is 5.73. The molecule has 166 valence electrons. The molecule has 0 atom stereocenters. The average molecular weight is 452 g/mol. The van der Waals surface area contributed by atoms with Crippen LogP contribution in [0.5, 0.6) is 5.75 Å². The first-order valence-corrected chi connectivity index (χ1v) is 11.4. The average Bonchev–Trinajstić information content (AvgIpc) is 2.78. The highest BCUT2D eigenvalue weighted by molar-refractivity contribution is 7.92. The van der Waals surface area contributed by atoms with Crippen LogP contribution in [0.4, 0.5) is 5.69 Å². The Labute approximate surface area is 188 Å². The van der Waals surface area contributed by atoms with Crippen LogP contribution in [0.15, 0.2) is 82.8 Å². The fourth-order valence-electron chi connectivity index (χ4n) is 3.00. The van der Waals surface area contributed by atoms with Gasteiger partial charge in [0.1, 0.15) is 12.3 Å². The fourth-order valence-corrected chi connectivity index (χ4v) is 4.42. The monoisotopic (exact) mass is 451 g/mol. The van der Waals surface area contributed by atoms with Crippen molar-refractivity contribution >= 4 is 27.8 Å². The molecule has 0 fully saturated rings. The molecule has 0 radical (unpaired) electrons. The van der Waals surface area contributed by atoms with E-state index in [4.69, 9.17) is 4.74 Å². The summed E-state index contributed by atoms with van der Waals surface area (Å²) in [5.41, 5.74) is 5.57. The SMILES string of the molecule is COc1ccc(N(CC(=O)N/N=C\c2cccc(C)c2)S(=O)(=O)c2ccc(C)cc2)cc1. The van der Waals surface area contributed by atoms with Gasteiger partial charge in [-0.25, -0.2) is 13.8 Å². The van der Waals surface area contributed by atoms with E-state index in [0.717, 1.165) is 21.0 Å². The number of carbonyl (C=O) groups is 1. The second kappa shape index (κ2) is 10.1. The van der Waals surface area contributed by atoms with Crippen LogP contribution < -0.4 is 14.5 Å². The molecule has 0 aliphatic carbocycles. The van der Waals surface area contributed by atoms with Crippen molar-refractivity contribution in [3.63, 3.8) is 0 Å². The lowest BCUT2D eigenvalue weighted by atomic mass is 10.2. The highest BCUT2D eigenvalue weighted by atomic mass is 32.2. The van der Waals surface area contributed by atoms with E-state index in [9.17, 15) is 13.2 Å². The van der Waals surface area contributed by atoms with Crippen LogP contribution >= 0.6 is 0 Å². The molecule has 32 heavy (non-hydrogen) atoms. The van der Waals surface area contributed by atoms with Gasteiger partial charge < -0.3 is 4.74 Å². The quantitative estimate of drug-likeness (QED) is 0.418. The molecule has 3 aromatic rings. The zero-order chi connectivity index (χ0) is 23.1. The molecular formula is C24H25N3O4S. The second-order valence-electron chi connectivity index (χ2n) is 7.23. The molecule has 0 aliphatic heterocycles. The third-order valence-corrected chi connectivity index (χ3v) is 6.49. The minimum atomic E-state index is -3.99. The zero-order valence-electron chi connectivity index (χ0n) is 18.1. The van der Waals surface area contributed by atoms with E-state index in [2.05, 4.69) is 10.5 Å². The third-order valence-electron chi connectivity index (χ3n) is 4.70. The molecule has 8 heteroatoms. The number of aryl methyl sites for hydroxylation is 2. The van der Waals surface area contributed by atoms with Crippen LogP contribution in [-0.4, -0.2) is 34.2 Å². The van der Waals surface area contributed by atoms with Crippen molar-refractivity contribution in [1.82, 2.24) is 5.43 Å². The van der Waals surface area contributed by atoms with E-state index < -0.39 is 22.5 Å². The molecule has 0 heterocycles. The van der Waals surface area contributed by atoms with E-state index in [0.29, 0.717) is 11.4 Å². The number of carbonyl (C=O) groups excluding carboxylic acids is 1. The van der Waals surface area contributed by atoms with E-state index in [1.54, 1.807) is 36.4 Å². The van der Waals surface area contributed by atoms with E-state index in [1.807, 2.05) is 38.1 Å². The Hall–Kier alpha value is -3.65. The molecule has 0 aliphatic rings. The largest absolute Gasteiger partial charge is 0.497 e. The number of rotatable bonds is 8. The first kappa shape index (κ1) is 23.0. The number of benzene rings is 3. The standard InChI is InChI=1S/C24H25N3O4S/c1-18-7-13-23(14-8-18)32(29,30)27(21-9-11-22(31-3)12-10-21)17-24(28)26-25-16-20-6-4-5-19(2)15-20/h4-16H,17H2,1-3H3,(H,26,28)/b25-16-. The molecule has 3 rings (SSSR count). The Morgan fingerprint density at radius 2 is 1.69 bits per heavy atom. The normalized spacial score (nSPS) is 11.3. The summed E-state index contributed by atoms with van der Waals surface area (Å²) in [5.74, 6) is 0.00838. The van der Waals surface area contributed by atoms with Crippen molar-refractivity contribution in [3.8, 4) is 5.75 Å². The number of nitrogens with zero attached hydrogens (tertiary/aromatic N) is 2. The predicted molar refractivity (Wildman–Crippen MR) is 126 cm³/mol. The van der Waals surface area contributed by atoms with Crippen molar-refractivity contribution in [1.29, 1.82) is 0 Å². The molecular weight excluding hydrogens is 426 g/mol. The topological polar surface area (TPSA) is 88.1 Å². The molecule has 1 N–H and O–H groups in total. The van der Waals surface area contributed by atoms with Crippen molar-refractivity contribution < 1.29 is 17.9 Å². The van der Waals surface area contributed by atoms with Crippen LogP contribution in [-0.2, 0) is 14.8 Å². The Bertz CT molecular complexity index is 1200. The van der Waals surface area contributed by atoms with Crippen molar-refractivity contribution in [3.05, 3.63) is 89.5 Å². The number of hydrogen-bond donors (Lipinski definition) is 1. The minimum Gasteiger partial charge on any atom is -0.497 e. The maximum absolute atomic E-state index is 13.3. The van der Waals surface area contributed by atoms with Gasteiger partial charge in [-0.15, -0.1) is 0 Å². The number of hydrazone groups is 1. The van der Waals surface area contributed by atoms with Crippen molar-refractivity contribution in [2.45, 2.75) is 18.7 Å². The Morgan fingerprint density at radius 3 is 2.31 bits per heavy atom. The van der Waals surface area contributed by atoms with Crippen LogP contribution in [0.2, 0.25) is 0 Å². The van der Waals surface area contributed by atoms with Gasteiger partial charge in [0, 0.05) is 0 Å². The first-order chi connectivity index (χ1) is 15.3. The van der Waals surface area contributed by atoms with Gasteiger partial charge in [0.25, 0.3) is 15.9 Å². The summed E-state index contributed by atoms with van der Waals surface area (Å²) in [4.78, 5) is 12.7. The summed E-state index contributed by atoms with van der Waals surface area (Å²) in [6.45, 7) is 3.39. The Kier molecular flexibility index (Phi) is 7.27. The molecule has 0 saturated carbocycles. The second-order valence-corrected chi connectivity index (χ2v) is 9.09. The van der Waals surface area contributed by atoms with Crippen LogP contribution in [0.3, 0.4) is 0 Å². The molecule has 0 spiro atoms. The first-order valence-electron chi connectivity index (χ1n) is 9.91. The number of hydrogen-bond acceptors (Lipinski definition) is 5. The summed E-state index contributed by atoms with van der Waals surface area (Å²) in [6.07, 6.45) is 1.51. The Balaban J connectivity index is 1.84. The van der Waals surface area contributed by atoms with Gasteiger partial charge >= 0.3 is 0 Å². The summed E-state index contributed by atoms with van der Waals surface area (Å²) in [5, 5.41) is 3.96. The van der Waals surface area contributed by atoms with E-state index in [1.165, 1.54) is 25.5 Å². The molecule has 1 amide bonds. The molecule has 0 unspecified atom stereocenters. The minimum absolute atomic E-state index is 0.0926. The van der Waals surface area contributed by atoms with Gasteiger partial charge in [0.15, 0.2) is 0 Å². The zero-order valence-corrected chi connectivity index (χ0v) is 19.0. The lowest BCUT2D eigenvalue weighted by Gasteiger charge is -2.24. The maximum atomic E-state index is 13.3. The number of ether oxygens (including phenoxy) is 1. The van der Waals surface area contributed by atoms with Gasteiger partial charge in [0.05, 0.1) is 23.9 Å². The highest BCUT2D eigenvalue weighted by Crippen LogP contribution is 2.26. The smallest absolute Gasteiger partial charge is 0.264 e. The van der Waals surface area contributed by atoms with Gasteiger partial charge in [-0.05, 0) is 55.8 Å². The molecule has 0 bridgehead atoms. The maximum Gasteiger partial charge on any atom is 0.264 e. The summed E-state index contributed by atoms with van der Waals surface area (Å²) in [7, 11) is -2.47.